The molecular formula is C10H21NO. The smallest absolute Gasteiger partial charge is 0.0686 e. The number of hydrogen-bond acceptors (Lipinski definition) is 2. The van der Waals surface area contributed by atoms with Gasteiger partial charge in [-0.3, -0.25) is 0 Å². The van der Waals surface area contributed by atoms with E-state index in [1.54, 1.807) is 0 Å². The van der Waals surface area contributed by atoms with Crippen molar-refractivity contribution in [1.29, 1.82) is 0 Å². The molecular weight excluding hydrogens is 150 g/mol. The van der Waals surface area contributed by atoms with E-state index in [-0.39, 0.29) is 0 Å². The highest BCUT2D eigenvalue weighted by molar-refractivity contribution is 4.96. The fourth-order valence-electron chi connectivity index (χ4n) is 0.760. The van der Waals surface area contributed by atoms with E-state index < -0.39 is 0 Å². The predicted octanol–water partition coefficient (Wildman–Crippen LogP) is 1.97. The van der Waals surface area contributed by atoms with Crippen molar-refractivity contribution >= 4 is 0 Å². The van der Waals surface area contributed by atoms with Crippen LogP contribution in [0, 0.1) is 0 Å². The minimum atomic E-state index is 0.521. The summed E-state index contributed by atoms with van der Waals surface area (Å²) in [5.74, 6) is 0. The van der Waals surface area contributed by atoms with Crippen molar-refractivity contribution in [3.8, 4) is 0 Å². The Labute approximate surface area is 76.0 Å². The quantitative estimate of drug-likeness (QED) is 0.467. The number of hydrogen-bond donors (Lipinski definition) is 1. The molecule has 0 saturated heterocycles. The van der Waals surface area contributed by atoms with Crippen LogP contribution in [0.25, 0.3) is 0 Å². The molecule has 0 rings (SSSR count). The highest BCUT2D eigenvalue weighted by atomic mass is 16.5. The van der Waals surface area contributed by atoms with Crippen LogP contribution in [0.1, 0.15) is 27.2 Å². The van der Waals surface area contributed by atoms with E-state index in [0.29, 0.717) is 12.6 Å². The Balaban J connectivity index is 3.22. The van der Waals surface area contributed by atoms with Crippen molar-refractivity contribution in [2.24, 2.45) is 0 Å². The third kappa shape index (κ3) is 7.76. The highest BCUT2D eigenvalue weighted by Gasteiger charge is 1.95. The second-order valence-electron chi connectivity index (χ2n) is 3.34. The minimum absolute atomic E-state index is 0.521. The van der Waals surface area contributed by atoms with Gasteiger partial charge in [-0.15, -0.1) is 0 Å². The lowest BCUT2D eigenvalue weighted by molar-refractivity contribution is 0.155. The van der Waals surface area contributed by atoms with Crippen molar-refractivity contribution in [2.75, 3.05) is 19.8 Å². The van der Waals surface area contributed by atoms with Crippen LogP contribution in [-0.4, -0.2) is 25.8 Å². The van der Waals surface area contributed by atoms with Gasteiger partial charge in [-0.2, -0.15) is 0 Å². The zero-order valence-electron chi connectivity index (χ0n) is 8.52. The van der Waals surface area contributed by atoms with Gasteiger partial charge in [0.05, 0.1) is 6.61 Å². The molecule has 12 heavy (non-hydrogen) atoms. The van der Waals surface area contributed by atoms with Crippen molar-refractivity contribution in [1.82, 2.24) is 5.32 Å². The second kappa shape index (κ2) is 7.32. The molecule has 0 aliphatic rings. The predicted molar refractivity (Wildman–Crippen MR) is 53.4 cm³/mol. The summed E-state index contributed by atoms with van der Waals surface area (Å²) >= 11 is 0. The number of rotatable bonds is 7. The molecule has 0 unspecified atom stereocenters. The minimum Gasteiger partial charge on any atom is -0.377 e. The summed E-state index contributed by atoms with van der Waals surface area (Å²) in [4.78, 5) is 0. The molecule has 0 atom stereocenters. The van der Waals surface area contributed by atoms with Crippen molar-refractivity contribution < 1.29 is 4.74 Å². The van der Waals surface area contributed by atoms with E-state index in [1.807, 2.05) is 0 Å². The SMILES string of the molecule is C=C(CNC(C)C)COCCC. The molecule has 0 aromatic rings. The van der Waals surface area contributed by atoms with Gasteiger partial charge in [0.25, 0.3) is 0 Å². The van der Waals surface area contributed by atoms with Crippen molar-refractivity contribution in [2.45, 2.75) is 33.2 Å². The average molecular weight is 171 g/mol. The molecule has 0 aliphatic heterocycles. The van der Waals surface area contributed by atoms with Crippen LogP contribution in [-0.2, 0) is 4.74 Å². The van der Waals surface area contributed by atoms with Crippen LogP contribution >= 0.6 is 0 Å². The molecule has 1 N–H and O–H groups in total. The Morgan fingerprint density at radius 2 is 2.17 bits per heavy atom. The normalized spacial score (nSPS) is 10.7. The van der Waals surface area contributed by atoms with E-state index in [1.165, 1.54) is 0 Å². The van der Waals surface area contributed by atoms with Gasteiger partial charge in [0.15, 0.2) is 0 Å². The zero-order chi connectivity index (χ0) is 9.40. The van der Waals surface area contributed by atoms with E-state index >= 15 is 0 Å². The molecule has 0 spiro atoms. The molecule has 0 bridgehead atoms. The molecule has 0 heterocycles. The maximum absolute atomic E-state index is 5.34. The van der Waals surface area contributed by atoms with Crippen LogP contribution in [0.15, 0.2) is 12.2 Å². The van der Waals surface area contributed by atoms with E-state index in [9.17, 15) is 0 Å². The fourth-order valence-corrected chi connectivity index (χ4v) is 0.760. The van der Waals surface area contributed by atoms with Crippen molar-refractivity contribution in [3.05, 3.63) is 12.2 Å². The molecule has 0 aromatic carbocycles. The molecule has 0 aromatic heterocycles. The van der Waals surface area contributed by atoms with Gasteiger partial charge in [-0.1, -0.05) is 27.4 Å². The molecule has 2 nitrogen and oxygen atoms in total. The number of nitrogens with one attached hydrogen (secondary N) is 1. The maximum Gasteiger partial charge on any atom is 0.0686 e. The van der Waals surface area contributed by atoms with Gasteiger partial charge in [-0.25, -0.2) is 0 Å². The summed E-state index contributed by atoms with van der Waals surface area (Å²) in [7, 11) is 0. The van der Waals surface area contributed by atoms with Gasteiger partial charge in [0.2, 0.25) is 0 Å². The Bertz CT molecular complexity index is 121. The van der Waals surface area contributed by atoms with Gasteiger partial charge in [0, 0.05) is 19.2 Å². The summed E-state index contributed by atoms with van der Waals surface area (Å²) < 4.78 is 5.34. The molecule has 0 radical (unpaired) electrons. The summed E-state index contributed by atoms with van der Waals surface area (Å²) in [6, 6.07) is 0.521. The van der Waals surface area contributed by atoms with E-state index in [4.69, 9.17) is 4.74 Å². The second-order valence-corrected chi connectivity index (χ2v) is 3.34. The summed E-state index contributed by atoms with van der Waals surface area (Å²) in [6.07, 6.45) is 1.07. The first-order valence-electron chi connectivity index (χ1n) is 4.64. The Kier molecular flexibility index (Phi) is 7.11. The molecule has 72 valence electrons. The Morgan fingerprint density at radius 1 is 1.50 bits per heavy atom. The standard InChI is InChI=1S/C10H21NO/c1-5-6-12-8-10(4)7-11-9(2)3/h9,11H,4-8H2,1-3H3. The average Bonchev–Trinajstić information content (AvgIpc) is 2.01. The topological polar surface area (TPSA) is 21.3 Å². The molecule has 2 heteroatoms. The first kappa shape index (κ1) is 11.7. The zero-order valence-corrected chi connectivity index (χ0v) is 8.52. The lowest BCUT2D eigenvalue weighted by atomic mass is 10.3. The third-order valence-corrected chi connectivity index (χ3v) is 1.41. The summed E-state index contributed by atoms with van der Waals surface area (Å²) in [5, 5.41) is 3.29. The Morgan fingerprint density at radius 3 is 2.67 bits per heavy atom. The van der Waals surface area contributed by atoms with E-state index in [0.717, 1.165) is 25.1 Å². The fraction of sp³-hybridized carbons (Fsp3) is 0.800. The van der Waals surface area contributed by atoms with Crippen LogP contribution in [0.2, 0.25) is 0 Å². The van der Waals surface area contributed by atoms with Crippen molar-refractivity contribution in [3.63, 3.8) is 0 Å². The van der Waals surface area contributed by atoms with Crippen LogP contribution in [0.3, 0.4) is 0 Å². The first-order chi connectivity index (χ1) is 5.66. The number of ether oxygens (including phenoxy) is 1. The molecule has 0 saturated carbocycles. The van der Waals surface area contributed by atoms with Gasteiger partial charge in [-0.05, 0) is 12.0 Å². The monoisotopic (exact) mass is 171 g/mol. The summed E-state index contributed by atoms with van der Waals surface area (Å²) in [6.45, 7) is 12.7. The molecule has 0 amide bonds. The van der Waals surface area contributed by atoms with E-state index in [2.05, 4.69) is 32.7 Å². The lowest BCUT2D eigenvalue weighted by Gasteiger charge is -2.10. The van der Waals surface area contributed by atoms with Gasteiger partial charge in [0.1, 0.15) is 0 Å². The van der Waals surface area contributed by atoms with Crippen LogP contribution in [0.4, 0.5) is 0 Å². The Hall–Kier alpha value is -0.340. The first-order valence-corrected chi connectivity index (χ1v) is 4.64. The molecule has 0 aliphatic carbocycles. The molecule has 0 fully saturated rings. The third-order valence-electron chi connectivity index (χ3n) is 1.41. The van der Waals surface area contributed by atoms with Gasteiger partial charge < -0.3 is 10.1 Å². The lowest BCUT2D eigenvalue weighted by Crippen LogP contribution is -2.25. The van der Waals surface area contributed by atoms with Gasteiger partial charge >= 0.3 is 0 Å². The largest absolute Gasteiger partial charge is 0.377 e. The summed E-state index contributed by atoms with van der Waals surface area (Å²) in [5.41, 5.74) is 1.12. The van der Waals surface area contributed by atoms with Crippen LogP contribution in [0.5, 0.6) is 0 Å². The highest BCUT2D eigenvalue weighted by Crippen LogP contribution is 1.91. The maximum atomic E-state index is 5.34. The van der Waals surface area contributed by atoms with Crippen LogP contribution < -0.4 is 5.32 Å².